The maximum atomic E-state index is 12.7. The molecule has 0 bridgehead atoms. The highest BCUT2D eigenvalue weighted by Gasteiger charge is 2.33. The molecule has 20 heavy (non-hydrogen) atoms. The first-order chi connectivity index (χ1) is 9.43. The van der Waals surface area contributed by atoms with Gasteiger partial charge in [0.05, 0.1) is 5.56 Å². The predicted molar refractivity (Wildman–Crippen MR) is 77.1 cm³/mol. The number of aromatic carboxylic acids is 1. The summed E-state index contributed by atoms with van der Waals surface area (Å²) in [6, 6.07) is 5.33. The van der Waals surface area contributed by atoms with Crippen molar-refractivity contribution in [2.24, 2.45) is 0 Å². The van der Waals surface area contributed by atoms with Gasteiger partial charge in [0, 0.05) is 17.6 Å². The summed E-state index contributed by atoms with van der Waals surface area (Å²) in [6.45, 7) is 5.96. The fourth-order valence-electron chi connectivity index (χ4n) is 3.02. The molecular formula is C16H21NO3. The first-order valence-electron chi connectivity index (χ1n) is 7.11. The van der Waals surface area contributed by atoms with Crippen molar-refractivity contribution < 1.29 is 14.7 Å². The highest BCUT2D eigenvalue weighted by atomic mass is 16.4. The average Bonchev–Trinajstić information content (AvgIpc) is 2.78. The van der Waals surface area contributed by atoms with Gasteiger partial charge in [-0.2, -0.15) is 0 Å². The molecule has 1 saturated heterocycles. The first kappa shape index (κ1) is 14.6. The molecule has 0 aromatic heterocycles. The largest absolute Gasteiger partial charge is 0.478 e. The van der Waals surface area contributed by atoms with Crippen molar-refractivity contribution in [2.45, 2.75) is 52.1 Å². The predicted octanol–water partition coefficient (Wildman–Crippen LogP) is 3.10. The van der Waals surface area contributed by atoms with Gasteiger partial charge < -0.3 is 10.0 Å². The molecule has 0 spiro atoms. The zero-order chi connectivity index (χ0) is 14.9. The van der Waals surface area contributed by atoms with Gasteiger partial charge in [0.25, 0.3) is 5.91 Å². The normalized spacial score (nSPS) is 22.1. The van der Waals surface area contributed by atoms with E-state index in [1.165, 1.54) is 6.07 Å². The lowest BCUT2D eigenvalue weighted by molar-refractivity contribution is 0.0676. The van der Waals surface area contributed by atoms with Crippen LogP contribution in [0.25, 0.3) is 0 Å². The van der Waals surface area contributed by atoms with E-state index < -0.39 is 5.97 Å². The van der Waals surface area contributed by atoms with Crippen molar-refractivity contribution in [2.75, 3.05) is 0 Å². The highest BCUT2D eigenvalue weighted by molar-refractivity contribution is 5.98. The van der Waals surface area contributed by atoms with Crippen LogP contribution >= 0.6 is 0 Å². The minimum Gasteiger partial charge on any atom is -0.478 e. The minimum atomic E-state index is -0.996. The van der Waals surface area contributed by atoms with E-state index in [1.807, 2.05) is 11.8 Å². The molecule has 4 heteroatoms. The molecule has 0 saturated carbocycles. The third kappa shape index (κ3) is 2.69. The van der Waals surface area contributed by atoms with E-state index in [4.69, 9.17) is 5.11 Å². The van der Waals surface area contributed by atoms with E-state index in [9.17, 15) is 9.59 Å². The Hall–Kier alpha value is -1.84. The summed E-state index contributed by atoms with van der Waals surface area (Å²) >= 11 is 0. The maximum absolute atomic E-state index is 12.7. The van der Waals surface area contributed by atoms with E-state index in [0.717, 1.165) is 24.8 Å². The van der Waals surface area contributed by atoms with Gasteiger partial charge in [-0.15, -0.1) is 0 Å². The molecule has 1 aliphatic rings. The Morgan fingerprint density at radius 1 is 1.25 bits per heavy atom. The zero-order valence-electron chi connectivity index (χ0n) is 12.2. The van der Waals surface area contributed by atoms with Crippen LogP contribution in [-0.2, 0) is 0 Å². The number of carbonyl (C=O) groups excluding carboxylic acids is 1. The van der Waals surface area contributed by atoms with Crippen molar-refractivity contribution in [3.63, 3.8) is 0 Å². The van der Waals surface area contributed by atoms with Crippen LogP contribution in [0.2, 0.25) is 0 Å². The van der Waals surface area contributed by atoms with Gasteiger partial charge in [-0.25, -0.2) is 4.79 Å². The Morgan fingerprint density at radius 3 is 2.50 bits per heavy atom. The Morgan fingerprint density at radius 2 is 1.90 bits per heavy atom. The molecule has 2 atom stereocenters. The van der Waals surface area contributed by atoms with Crippen LogP contribution in [0, 0.1) is 6.92 Å². The number of amides is 1. The van der Waals surface area contributed by atoms with Gasteiger partial charge in [-0.05, 0) is 56.9 Å². The number of hydrogen-bond donors (Lipinski definition) is 1. The lowest BCUT2D eigenvalue weighted by Gasteiger charge is -2.28. The van der Waals surface area contributed by atoms with Gasteiger partial charge >= 0.3 is 5.97 Å². The molecular weight excluding hydrogens is 254 g/mol. The molecule has 1 aromatic carbocycles. The van der Waals surface area contributed by atoms with Gasteiger partial charge in [-0.3, -0.25) is 4.79 Å². The third-order valence-corrected chi connectivity index (χ3v) is 4.06. The summed E-state index contributed by atoms with van der Waals surface area (Å²) in [4.78, 5) is 25.7. The number of benzene rings is 1. The van der Waals surface area contributed by atoms with E-state index in [1.54, 1.807) is 12.1 Å². The highest BCUT2D eigenvalue weighted by Crippen LogP contribution is 2.28. The third-order valence-electron chi connectivity index (χ3n) is 4.06. The Bertz CT molecular complexity index is 539. The fraction of sp³-hybridized carbons (Fsp3) is 0.500. The lowest BCUT2D eigenvalue weighted by Crippen LogP contribution is -2.39. The number of rotatable bonds is 3. The summed E-state index contributed by atoms with van der Waals surface area (Å²) in [5, 5.41) is 9.11. The minimum absolute atomic E-state index is 0.0481. The van der Waals surface area contributed by atoms with Crippen molar-refractivity contribution in [3.8, 4) is 0 Å². The molecule has 4 nitrogen and oxygen atoms in total. The number of nitrogens with zero attached hydrogens (tertiary/aromatic N) is 1. The van der Waals surface area contributed by atoms with Crippen LogP contribution in [0.1, 0.15) is 59.4 Å². The standard InChI is InChI=1S/C16H21NO3/c1-4-14-6-5-11(3)17(14)15(18)12-7-10(2)8-13(9-12)16(19)20/h7-9,11,14H,4-6H2,1-3H3,(H,19,20). The van der Waals surface area contributed by atoms with Gasteiger partial charge in [-0.1, -0.05) is 6.92 Å². The Kier molecular flexibility index (Phi) is 4.12. The number of aryl methyl sites for hydroxylation is 1. The smallest absolute Gasteiger partial charge is 0.335 e. The summed E-state index contributed by atoms with van der Waals surface area (Å²) < 4.78 is 0. The number of carbonyl (C=O) groups is 2. The zero-order valence-corrected chi connectivity index (χ0v) is 12.2. The number of carboxylic acid groups (broad SMARTS) is 1. The SMILES string of the molecule is CCC1CCC(C)N1C(=O)c1cc(C)cc(C(=O)O)c1. The monoisotopic (exact) mass is 275 g/mol. The van der Waals surface area contributed by atoms with Crippen molar-refractivity contribution in [1.82, 2.24) is 4.90 Å². The molecule has 0 radical (unpaired) electrons. The van der Waals surface area contributed by atoms with E-state index in [2.05, 4.69) is 13.8 Å². The molecule has 0 aliphatic carbocycles. The molecule has 2 rings (SSSR count). The molecule has 1 amide bonds. The first-order valence-corrected chi connectivity index (χ1v) is 7.11. The topological polar surface area (TPSA) is 57.6 Å². The summed E-state index contributed by atoms with van der Waals surface area (Å²) in [7, 11) is 0. The second-order valence-corrected chi connectivity index (χ2v) is 5.59. The van der Waals surface area contributed by atoms with E-state index in [-0.39, 0.29) is 23.6 Å². The van der Waals surface area contributed by atoms with Crippen molar-refractivity contribution in [1.29, 1.82) is 0 Å². The van der Waals surface area contributed by atoms with Crippen molar-refractivity contribution in [3.05, 3.63) is 34.9 Å². The molecule has 108 valence electrons. The van der Waals surface area contributed by atoms with Crippen LogP contribution in [0.4, 0.5) is 0 Å². The van der Waals surface area contributed by atoms with E-state index >= 15 is 0 Å². The summed E-state index contributed by atoms with van der Waals surface area (Å²) in [6.07, 6.45) is 2.98. The molecule has 1 aromatic rings. The van der Waals surface area contributed by atoms with Crippen LogP contribution in [0.3, 0.4) is 0 Å². The van der Waals surface area contributed by atoms with Crippen LogP contribution in [0.15, 0.2) is 18.2 Å². The molecule has 1 heterocycles. The van der Waals surface area contributed by atoms with Gasteiger partial charge in [0.1, 0.15) is 0 Å². The summed E-state index contributed by atoms with van der Waals surface area (Å²) in [5.41, 5.74) is 1.45. The van der Waals surface area contributed by atoms with Crippen LogP contribution in [0.5, 0.6) is 0 Å². The Balaban J connectivity index is 2.35. The van der Waals surface area contributed by atoms with Crippen LogP contribution < -0.4 is 0 Å². The quantitative estimate of drug-likeness (QED) is 0.922. The number of likely N-dealkylation sites (tertiary alicyclic amines) is 1. The summed E-state index contributed by atoms with van der Waals surface area (Å²) in [5.74, 6) is -1.04. The van der Waals surface area contributed by atoms with Crippen LogP contribution in [-0.4, -0.2) is 34.0 Å². The molecule has 1 fully saturated rings. The van der Waals surface area contributed by atoms with Gasteiger partial charge in [0.2, 0.25) is 0 Å². The molecule has 1 aliphatic heterocycles. The van der Waals surface area contributed by atoms with Crippen molar-refractivity contribution >= 4 is 11.9 Å². The fourth-order valence-corrected chi connectivity index (χ4v) is 3.02. The second-order valence-electron chi connectivity index (χ2n) is 5.59. The Labute approximate surface area is 119 Å². The molecule has 1 N–H and O–H groups in total. The number of carboxylic acids is 1. The van der Waals surface area contributed by atoms with Gasteiger partial charge in [0.15, 0.2) is 0 Å². The van der Waals surface area contributed by atoms with E-state index in [0.29, 0.717) is 5.56 Å². The molecule has 2 unspecified atom stereocenters. The second kappa shape index (κ2) is 5.65. The number of hydrogen-bond acceptors (Lipinski definition) is 2. The maximum Gasteiger partial charge on any atom is 0.335 e. The average molecular weight is 275 g/mol. The lowest BCUT2D eigenvalue weighted by atomic mass is 10.0.